The summed E-state index contributed by atoms with van der Waals surface area (Å²) in [6, 6.07) is 41.9. The van der Waals surface area contributed by atoms with Gasteiger partial charge in [-0.2, -0.15) is 0 Å². The van der Waals surface area contributed by atoms with E-state index in [9.17, 15) is 0 Å². The molecule has 4 heteroatoms. The minimum atomic E-state index is -0.166. The molecular weight excluding hydrogens is 667 g/mol. The topological polar surface area (TPSA) is 19.6 Å². The van der Waals surface area contributed by atoms with Crippen LogP contribution in [0, 0.1) is 0 Å². The van der Waals surface area contributed by atoms with E-state index < -0.39 is 0 Å². The average molecular weight is 717 g/mol. The molecule has 0 radical (unpaired) electrons. The number of hydrogen-bond donors (Lipinski definition) is 0. The number of benzene rings is 6. The molecule has 0 unspecified atom stereocenters. The number of fused-ring (bicyclic) bond motifs is 11. The van der Waals surface area contributed by atoms with Crippen LogP contribution in [0.4, 0.5) is 28.4 Å². The SMILES string of the molecule is CC(C)(C)c1cc2c3c(c1)N1c4ccccc4C(C)(C)c4cccc(c41)B3N(c1ccc3c(c1)C(C)(C)CCC3(C)C)c1ccc3oc4ccccc4c3c1-2. The van der Waals surface area contributed by atoms with E-state index in [0.29, 0.717) is 0 Å². The van der Waals surface area contributed by atoms with Gasteiger partial charge in [-0.25, -0.2) is 0 Å². The summed E-state index contributed by atoms with van der Waals surface area (Å²) >= 11 is 0. The molecule has 0 amide bonds. The van der Waals surface area contributed by atoms with E-state index in [1.54, 1.807) is 0 Å². The second-order valence-electron chi connectivity index (χ2n) is 19.6. The summed E-state index contributed by atoms with van der Waals surface area (Å²) in [4.78, 5) is 5.34. The van der Waals surface area contributed by atoms with Crippen molar-refractivity contribution in [2.45, 2.75) is 96.8 Å². The third-order valence-electron chi connectivity index (χ3n) is 14.0. The number of rotatable bonds is 1. The van der Waals surface area contributed by atoms with Crippen LogP contribution < -0.4 is 20.6 Å². The van der Waals surface area contributed by atoms with Crippen LogP contribution in [0.1, 0.15) is 103 Å². The molecular formula is C51H49BN2O. The third-order valence-corrected chi connectivity index (χ3v) is 14.0. The molecule has 0 saturated carbocycles. The highest BCUT2D eigenvalue weighted by atomic mass is 16.3. The second-order valence-corrected chi connectivity index (χ2v) is 19.6. The van der Waals surface area contributed by atoms with Gasteiger partial charge in [-0.3, -0.25) is 0 Å². The van der Waals surface area contributed by atoms with Crippen LogP contribution in [0.25, 0.3) is 33.1 Å². The molecule has 3 nitrogen and oxygen atoms in total. The van der Waals surface area contributed by atoms with Crippen LogP contribution in [-0.4, -0.2) is 6.85 Å². The van der Waals surface area contributed by atoms with Gasteiger partial charge in [0.2, 0.25) is 0 Å². The smallest absolute Gasteiger partial charge is 0.333 e. The molecule has 0 atom stereocenters. The monoisotopic (exact) mass is 716 g/mol. The molecule has 3 aliphatic heterocycles. The Morgan fingerprint density at radius 1 is 0.618 bits per heavy atom. The Morgan fingerprint density at radius 3 is 2.15 bits per heavy atom. The van der Waals surface area contributed by atoms with Crippen LogP contribution in [0.2, 0.25) is 0 Å². The van der Waals surface area contributed by atoms with Crippen LogP contribution in [-0.2, 0) is 21.7 Å². The van der Waals surface area contributed by atoms with Gasteiger partial charge in [0, 0.05) is 44.5 Å². The summed E-state index contributed by atoms with van der Waals surface area (Å²) in [5.41, 5.74) is 20.6. The summed E-state index contributed by atoms with van der Waals surface area (Å²) in [5.74, 6) is 0. The Balaban J connectivity index is 1.32. The molecule has 4 heterocycles. The maximum Gasteiger partial charge on any atom is 0.333 e. The molecule has 0 bridgehead atoms. The van der Waals surface area contributed by atoms with Crippen molar-refractivity contribution < 1.29 is 4.42 Å². The molecule has 7 aromatic rings. The molecule has 1 aromatic heterocycles. The van der Waals surface area contributed by atoms with E-state index in [4.69, 9.17) is 4.42 Å². The van der Waals surface area contributed by atoms with E-state index in [2.05, 4.69) is 181 Å². The molecule has 55 heavy (non-hydrogen) atoms. The highest BCUT2D eigenvalue weighted by Gasteiger charge is 2.50. The number of anilines is 5. The van der Waals surface area contributed by atoms with Crippen molar-refractivity contribution in [2.75, 3.05) is 9.71 Å². The van der Waals surface area contributed by atoms with Gasteiger partial charge in [0.15, 0.2) is 0 Å². The first-order valence-corrected chi connectivity index (χ1v) is 20.3. The van der Waals surface area contributed by atoms with Crippen molar-refractivity contribution >= 4 is 68.1 Å². The fourth-order valence-corrected chi connectivity index (χ4v) is 10.9. The van der Waals surface area contributed by atoms with E-state index in [-0.39, 0.29) is 28.5 Å². The zero-order valence-corrected chi connectivity index (χ0v) is 33.7. The average Bonchev–Trinajstić information content (AvgIpc) is 3.54. The Labute approximate surface area is 326 Å². The highest BCUT2D eigenvalue weighted by molar-refractivity contribution is 6.93. The maximum atomic E-state index is 6.66. The number of furan rings is 1. The van der Waals surface area contributed by atoms with Crippen molar-refractivity contribution in [3.05, 3.63) is 137 Å². The number of hydrogen-bond acceptors (Lipinski definition) is 3. The number of para-hydroxylation sites is 3. The van der Waals surface area contributed by atoms with Crippen LogP contribution in [0.5, 0.6) is 0 Å². The fourth-order valence-electron chi connectivity index (χ4n) is 10.9. The lowest BCUT2D eigenvalue weighted by Gasteiger charge is -2.51. The van der Waals surface area contributed by atoms with E-state index in [1.807, 2.05) is 0 Å². The van der Waals surface area contributed by atoms with E-state index in [1.165, 1.54) is 102 Å². The predicted molar refractivity (Wildman–Crippen MR) is 234 cm³/mol. The Kier molecular flexibility index (Phi) is 6.36. The Bertz CT molecular complexity index is 2810. The van der Waals surface area contributed by atoms with Gasteiger partial charge in [0.1, 0.15) is 11.2 Å². The van der Waals surface area contributed by atoms with Crippen molar-refractivity contribution in [2.24, 2.45) is 0 Å². The van der Waals surface area contributed by atoms with Crippen LogP contribution in [0.3, 0.4) is 0 Å². The van der Waals surface area contributed by atoms with E-state index in [0.717, 1.165) is 11.2 Å². The first-order valence-electron chi connectivity index (χ1n) is 20.3. The normalized spacial score (nSPS) is 18.1. The van der Waals surface area contributed by atoms with Gasteiger partial charge in [-0.15, -0.1) is 0 Å². The van der Waals surface area contributed by atoms with Gasteiger partial charge in [0.25, 0.3) is 0 Å². The zero-order chi connectivity index (χ0) is 38.0. The lowest BCUT2D eigenvalue weighted by molar-refractivity contribution is 0.332. The van der Waals surface area contributed by atoms with Crippen LogP contribution >= 0.6 is 0 Å². The lowest BCUT2D eigenvalue weighted by Crippen LogP contribution is -2.62. The fraction of sp³-hybridized carbons (Fsp3) is 0.294. The van der Waals surface area contributed by atoms with Gasteiger partial charge >= 0.3 is 6.85 Å². The first kappa shape index (κ1) is 33.2. The molecule has 0 fully saturated rings. The molecule has 0 N–H and O–H groups in total. The zero-order valence-electron chi connectivity index (χ0n) is 33.7. The van der Waals surface area contributed by atoms with Crippen molar-refractivity contribution in [3.63, 3.8) is 0 Å². The molecule has 4 aliphatic rings. The van der Waals surface area contributed by atoms with Crippen molar-refractivity contribution in [3.8, 4) is 11.1 Å². The first-order chi connectivity index (χ1) is 26.2. The molecule has 6 aromatic carbocycles. The minimum Gasteiger partial charge on any atom is -0.456 e. The summed E-state index contributed by atoms with van der Waals surface area (Å²) in [6.07, 6.45) is 2.37. The highest BCUT2D eigenvalue weighted by Crippen LogP contribution is 2.57. The molecule has 0 saturated heterocycles. The second kappa shape index (κ2) is 10.5. The number of nitrogens with zero attached hydrogens (tertiary/aromatic N) is 2. The summed E-state index contributed by atoms with van der Waals surface area (Å²) in [5, 5.41) is 2.36. The standard InChI is InChI=1S/C51H49BN2O/c1-48(2,3)30-27-33-44-40(23-24-43-45(44)32-15-10-13-20-42(32)55-43)54(31-21-22-34-37(29-31)50(6,7)26-25-49(34,4)5)52-38-18-14-17-36-47(38)53(41(28-30)46(33)52)39-19-12-11-16-35(39)51(36,8)9/h10-24,27-29H,25-26H2,1-9H3. The van der Waals surface area contributed by atoms with Gasteiger partial charge in [-0.1, -0.05) is 129 Å². The summed E-state index contributed by atoms with van der Waals surface area (Å²) < 4.78 is 6.66. The maximum absolute atomic E-state index is 6.66. The largest absolute Gasteiger partial charge is 0.456 e. The summed E-state index contributed by atoms with van der Waals surface area (Å²) in [6.45, 7) is 21.6. The molecule has 1 aliphatic carbocycles. The van der Waals surface area contributed by atoms with Gasteiger partial charge < -0.3 is 14.1 Å². The predicted octanol–water partition coefficient (Wildman–Crippen LogP) is 12.6. The van der Waals surface area contributed by atoms with Crippen LogP contribution in [0.15, 0.2) is 114 Å². The van der Waals surface area contributed by atoms with Gasteiger partial charge in [-0.05, 0) is 116 Å². The lowest BCUT2D eigenvalue weighted by atomic mass is 9.42. The quantitative estimate of drug-likeness (QED) is 0.158. The van der Waals surface area contributed by atoms with Crippen molar-refractivity contribution in [1.82, 2.24) is 0 Å². The summed E-state index contributed by atoms with van der Waals surface area (Å²) in [7, 11) is 0. The minimum absolute atomic E-state index is 0.0350. The molecule has 11 rings (SSSR count). The van der Waals surface area contributed by atoms with E-state index >= 15 is 0 Å². The Hall–Kier alpha value is -5.22. The molecule has 272 valence electrons. The Morgan fingerprint density at radius 2 is 1.35 bits per heavy atom. The van der Waals surface area contributed by atoms with Gasteiger partial charge in [0.05, 0.1) is 5.69 Å². The van der Waals surface area contributed by atoms with Crippen molar-refractivity contribution in [1.29, 1.82) is 0 Å². The molecule has 0 spiro atoms. The third kappa shape index (κ3) is 4.29.